The summed E-state index contributed by atoms with van der Waals surface area (Å²) >= 11 is 0. The smallest absolute Gasteiger partial charge is 0.136 e. The number of carbonyl (C=O) groups is 2. The van der Waals surface area contributed by atoms with Crippen LogP contribution in [-0.2, 0) is 14.3 Å². The minimum absolute atomic E-state index is 0.0211. The van der Waals surface area contributed by atoms with Gasteiger partial charge in [0.2, 0.25) is 0 Å². The number of hydrogen-bond acceptors (Lipinski definition) is 4. The number of ether oxygens (including phenoxy) is 1. The predicted molar refractivity (Wildman–Crippen MR) is 106 cm³/mol. The van der Waals surface area contributed by atoms with Crippen molar-refractivity contribution in [2.45, 2.75) is 71.3 Å². The van der Waals surface area contributed by atoms with E-state index in [0.29, 0.717) is 49.1 Å². The molecule has 154 valence electrons. The van der Waals surface area contributed by atoms with Gasteiger partial charge in [-0.1, -0.05) is 25.5 Å². The zero-order valence-electron chi connectivity index (χ0n) is 17.3. The second-order valence-electron chi connectivity index (χ2n) is 10.8. The number of allylic oxidation sites excluding steroid dienone is 1. The van der Waals surface area contributed by atoms with Gasteiger partial charge in [0.15, 0.2) is 0 Å². The van der Waals surface area contributed by atoms with Gasteiger partial charge in [-0.3, -0.25) is 9.59 Å². The number of aliphatic hydroxyl groups is 1. The van der Waals surface area contributed by atoms with Crippen molar-refractivity contribution < 1.29 is 19.4 Å². The van der Waals surface area contributed by atoms with E-state index < -0.39 is 6.10 Å². The van der Waals surface area contributed by atoms with Crippen LogP contribution >= 0.6 is 0 Å². The Bertz CT molecular complexity index is 720. The molecule has 0 aromatic heterocycles. The largest absolute Gasteiger partial charge is 0.389 e. The molecule has 3 saturated carbocycles. The first-order chi connectivity index (χ1) is 13.3. The SMILES string of the molecule is C[C@]12CC[C@@H]3[C@@H](C(=O)CC4CC(O)C=C(C5CCOCC5)[C@@]43C)[C@@H]1CC(=O)C2. The van der Waals surface area contributed by atoms with Gasteiger partial charge >= 0.3 is 0 Å². The number of ketones is 2. The van der Waals surface area contributed by atoms with E-state index in [2.05, 4.69) is 19.9 Å². The lowest BCUT2D eigenvalue weighted by Crippen LogP contribution is -2.57. The molecule has 5 rings (SSSR count). The molecule has 28 heavy (non-hydrogen) atoms. The summed E-state index contributed by atoms with van der Waals surface area (Å²) in [4.78, 5) is 25.7. The van der Waals surface area contributed by atoms with Gasteiger partial charge in [-0.2, -0.15) is 0 Å². The van der Waals surface area contributed by atoms with E-state index in [9.17, 15) is 14.7 Å². The van der Waals surface area contributed by atoms with Crippen molar-refractivity contribution >= 4 is 11.6 Å². The van der Waals surface area contributed by atoms with Crippen molar-refractivity contribution in [2.24, 2.45) is 40.4 Å². The van der Waals surface area contributed by atoms with Gasteiger partial charge < -0.3 is 9.84 Å². The minimum atomic E-state index is -0.429. The molecule has 0 bridgehead atoms. The maximum absolute atomic E-state index is 13.4. The molecule has 1 N–H and O–H groups in total. The molecule has 0 amide bonds. The van der Waals surface area contributed by atoms with Crippen LogP contribution in [0.2, 0.25) is 0 Å². The van der Waals surface area contributed by atoms with E-state index in [1.165, 1.54) is 5.57 Å². The molecule has 1 saturated heterocycles. The summed E-state index contributed by atoms with van der Waals surface area (Å²) in [5.74, 6) is 2.01. The Labute approximate surface area is 168 Å². The predicted octanol–water partition coefficient (Wildman–Crippen LogP) is 3.71. The molecule has 4 fully saturated rings. The molecule has 0 aromatic rings. The highest BCUT2D eigenvalue weighted by atomic mass is 16.5. The topological polar surface area (TPSA) is 63.6 Å². The average molecular weight is 387 g/mol. The second kappa shape index (κ2) is 6.50. The van der Waals surface area contributed by atoms with Crippen molar-refractivity contribution in [3.8, 4) is 0 Å². The molecule has 4 nitrogen and oxygen atoms in total. The van der Waals surface area contributed by atoms with E-state index in [4.69, 9.17) is 4.74 Å². The van der Waals surface area contributed by atoms with Gasteiger partial charge in [-0.05, 0) is 66.6 Å². The standard InChI is InChI=1S/C24H34O4/c1-23-6-3-18-22(20(23)12-17(26)13-23)21(27)10-15-9-16(25)11-19(24(15,18)2)14-4-7-28-8-5-14/h11,14-16,18,20,22,25H,3-10,12-13H2,1-2H3/t15?,16?,18-,20+,22-,23-,24+/m1/s1. The van der Waals surface area contributed by atoms with E-state index in [0.717, 1.165) is 38.9 Å². The van der Waals surface area contributed by atoms with Crippen LogP contribution in [0.5, 0.6) is 0 Å². The van der Waals surface area contributed by atoms with E-state index >= 15 is 0 Å². The van der Waals surface area contributed by atoms with Crippen LogP contribution in [0, 0.1) is 40.4 Å². The number of carbonyl (C=O) groups excluding carboxylic acids is 2. The monoisotopic (exact) mass is 386 g/mol. The molecular weight excluding hydrogens is 352 g/mol. The third-order valence-electron chi connectivity index (χ3n) is 9.46. The lowest BCUT2D eigenvalue weighted by atomic mass is 9.43. The Morgan fingerprint density at radius 2 is 1.82 bits per heavy atom. The van der Waals surface area contributed by atoms with Crippen molar-refractivity contribution in [1.82, 2.24) is 0 Å². The van der Waals surface area contributed by atoms with Crippen LogP contribution in [-0.4, -0.2) is 36.0 Å². The van der Waals surface area contributed by atoms with Crippen LogP contribution in [0.25, 0.3) is 0 Å². The first kappa shape index (κ1) is 19.0. The fourth-order valence-electron chi connectivity index (χ4n) is 8.05. The first-order valence-electron chi connectivity index (χ1n) is 11.4. The summed E-state index contributed by atoms with van der Waals surface area (Å²) in [5, 5.41) is 10.6. The lowest BCUT2D eigenvalue weighted by molar-refractivity contribution is -0.149. The number of hydrogen-bond donors (Lipinski definition) is 1. The number of fused-ring (bicyclic) bond motifs is 5. The second-order valence-corrected chi connectivity index (χ2v) is 10.8. The molecular formula is C24H34O4. The van der Waals surface area contributed by atoms with Crippen molar-refractivity contribution in [3.05, 3.63) is 11.6 Å². The van der Waals surface area contributed by atoms with Crippen LogP contribution in [0.1, 0.15) is 65.2 Å². The van der Waals surface area contributed by atoms with E-state index in [1.54, 1.807) is 0 Å². The maximum atomic E-state index is 13.4. The summed E-state index contributed by atoms with van der Waals surface area (Å²) in [6.45, 7) is 6.23. The Morgan fingerprint density at radius 3 is 2.57 bits per heavy atom. The quantitative estimate of drug-likeness (QED) is 0.698. The Hall–Kier alpha value is -1.00. The summed E-state index contributed by atoms with van der Waals surface area (Å²) < 4.78 is 5.61. The molecule has 0 aromatic carbocycles. The van der Waals surface area contributed by atoms with Crippen LogP contribution in [0.3, 0.4) is 0 Å². The highest BCUT2D eigenvalue weighted by Crippen LogP contribution is 2.66. The molecule has 0 spiro atoms. The van der Waals surface area contributed by atoms with Crippen molar-refractivity contribution in [1.29, 1.82) is 0 Å². The average Bonchev–Trinajstić information content (AvgIpc) is 2.97. The summed E-state index contributed by atoms with van der Waals surface area (Å²) in [6, 6.07) is 0. The van der Waals surface area contributed by atoms with E-state index in [1.807, 2.05) is 0 Å². The highest BCUT2D eigenvalue weighted by molar-refractivity contribution is 5.87. The summed E-state index contributed by atoms with van der Waals surface area (Å²) in [5.41, 5.74) is 1.41. The van der Waals surface area contributed by atoms with Gasteiger partial charge in [0, 0.05) is 38.4 Å². The van der Waals surface area contributed by atoms with Crippen molar-refractivity contribution in [3.63, 3.8) is 0 Å². The first-order valence-corrected chi connectivity index (χ1v) is 11.4. The highest BCUT2D eigenvalue weighted by Gasteiger charge is 2.63. The van der Waals surface area contributed by atoms with Crippen LogP contribution in [0.15, 0.2) is 11.6 Å². The third-order valence-corrected chi connectivity index (χ3v) is 9.46. The number of Topliss-reactive ketones (excluding diaryl/α,β-unsaturated/α-hetero) is 2. The fourth-order valence-corrected chi connectivity index (χ4v) is 8.05. The van der Waals surface area contributed by atoms with Gasteiger partial charge in [-0.25, -0.2) is 0 Å². The molecule has 4 aliphatic carbocycles. The maximum Gasteiger partial charge on any atom is 0.136 e. The molecule has 5 aliphatic rings. The summed E-state index contributed by atoms with van der Waals surface area (Å²) in [7, 11) is 0. The molecule has 4 heteroatoms. The fraction of sp³-hybridized carbons (Fsp3) is 0.833. The zero-order valence-corrected chi connectivity index (χ0v) is 17.3. The molecule has 7 atom stereocenters. The van der Waals surface area contributed by atoms with Gasteiger partial charge in [-0.15, -0.1) is 0 Å². The Morgan fingerprint density at radius 1 is 1.07 bits per heavy atom. The molecule has 1 heterocycles. The third kappa shape index (κ3) is 2.63. The normalized spacial score (nSPS) is 49.2. The van der Waals surface area contributed by atoms with Gasteiger partial charge in [0.05, 0.1) is 6.10 Å². The zero-order chi connectivity index (χ0) is 19.7. The Balaban J connectivity index is 1.56. The summed E-state index contributed by atoms with van der Waals surface area (Å²) in [6.07, 6.45) is 8.41. The Kier molecular flexibility index (Phi) is 4.41. The van der Waals surface area contributed by atoms with Crippen LogP contribution < -0.4 is 0 Å². The van der Waals surface area contributed by atoms with Gasteiger partial charge in [0.25, 0.3) is 0 Å². The number of rotatable bonds is 1. The van der Waals surface area contributed by atoms with Crippen LogP contribution in [0.4, 0.5) is 0 Å². The van der Waals surface area contributed by atoms with Crippen molar-refractivity contribution in [2.75, 3.05) is 13.2 Å². The molecule has 1 aliphatic heterocycles. The minimum Gasteiger partial charge on any atom is -0.389 e. The lowest BCUT2D eigenvalue weighted by Gasteiger charge is -2.60. The molecule has 2 unspecified atom stereocenters. The van der Waals surface area contributed by atoms with Gasteiger partial charge in [0.1, 0.15) is 11.6 Å². The van der Waals surface area contributed by atoms with E-state index in [-0.39, 0.29) is 28.6 Å². The molecule has 0 radical (unpaired) electrons. The number of aliphatic hydroxyl groups excluding tert-OH is 1.